The Balaban J connectivity index is 4.05. The Morgan fingerprint density at radius 3 is 0.775 bits per heavy atom. The summed E-state index contributed by atoms with van der Waals surface area (Å²) in [5.41, 5.74) is 0. The molecule has 6 heteroatoms. The fraction of sp³-hybridized carbons (Fsp3) is 0.770. The van der Waals surface area contributed by atoms with E-state index in [2.05, 4.69) is 106 Å². The Morgan fingerprint density at radius 1 is 0.263 bits per heavy atom. The molecule has 0 aliphatic rings. The first-order chi connectivity index (χ1) is 39.5. The summed E-state index contributed by atoms with van der Waals surface area (Å²) in [5, 5.41) is 0. The van der Waals surface area contributed by atoms with Crippen LogP contribution in [0.15, 0.2) is 85.1 Å². The van der Waals surface area contributed by atoms with Crippen LogP contribution in [0.3, 0.4) is 0 Å². The van der Waals surface area contributed by atoms with Gasteiger partial charge in [0.05, 0.1) is 0 Å². The van der Waals surface area contributed by atoms with Gasteiger partial charge in [0.25, 0.3) is 0 Å². The molecule has 80 heavy (non-hydrogen) atoms. The summed E-state index contributed by atoms with van der Waals surface area (Å²) in [6.45, 7) is 6.50. The molecular formula is C74H130O6. The van der Waals surface area contributed by atoms with E-state index in [1.165, 1.54) is 212 Å². The van der Waals surface area contributed by atoms with Gasteiger partial charge in [-0.1, -0.05) is 318 Å². The molecule has 0 saturated carbocycles. The number of carbonyl (C=O) groups is 3. The summed E-state index contributed by atoms with van der Waals surface area (Å²) >= 11 is 0. The minimum absolute atomic E-state index is 0.0747. The standard InChI is InChI=1S/C74H130O6/c1-4-7-10-13-16-18-20-22-24-26-28-30-32-34-36-37-39-40-42-44-46-48-50-52-54-56-58-61-64-67-73(76)79-70-71(69-78-72(75)66-63-60-15-12-9-6-3)80-74(77)68-65-62-59-57-55-53-51-49-47-45-43-41-38-35-33-31-29-27-25-23-21-19-17-14-11-8-5-2/h7,10,16,18,22,24,27-30,34,36,39-40,71H,4-6,8-9,11-15,17,19-21,23,25-26,31-33,35,37-38,41-70H2,1-3H3/b10-7-,18-16-,24-22-,29-27-,30-28-,36-34-,40-39-. The van der Waals surface area contributed by atoms with Crippen LogP contribution in [0.25, 0.3) is 0 Å². The molecule has 0 radical (unpaired) electrons. The van der Waals surface area contributed by atoms with E-state index < -0.39 is 6.10 Å². The monoisotopic (exact) mass is 1110 g/mol. The van der Waals surface area contributed by atoms with Gasteiger partial charge in [0.1, 0.15) is 13.2 Å². The zero-order chi connectivity index (χ0) is 57.8. The van der Waals surface area contributed by atoms with E-state index in [0.717, 1.165) is 96.3 Å². The van der Waals surface area contributed by atoms with E-state index in [9.17, 15) is 14.4 Å². The number of ether oxygens (including phenoxy) is 3. The van der Waals surface area contributed by atoms with Crippen molar-refractivity contribution < 1.29 is 28.6 Å². The quantitative estimate of drug-likeness (QED) is 0.0261. The first-order valence-corrected chi connectivity index (χ1v) is 34.6. The van der Waals surface area contributed by atoms with E-state index in [-0.39, 0.29) is 31.1 Å². The lowest BCUT2D eigenvalue weighted by Crippen LogP contribution is -2.30. The fourth-order valence-electron chi connectivity index (χ4n) is 9.97. The average molecular weight is 1120 g/mol. The van der Waals surface area contributed by atoms with Gasteiger partial charge in [-0.3, -0.25) is 14.4 Å². The first-order valence-electron chi connectivity index (χ1n) is 34.6. The van der Waals surface area contributed by atoms with Crippen LogP contribution >= 0.6 is 0 Å². The molecule has 0 aromatic heterocycles. The van der Waals surface area contributed by atoms with Crippen molar-refractivity contribution in [2.24, 2.45) is 0 Å². The van der Waals surface area contributed by atoms with Crippen molar-refractivity contribution in [2.45, 2.75) is 354 Å². The van der Waals surface area contributed by atoms with E-state index in [1.54, 1.807) is 0 Å². The zero-order valence-electron chi connectivity index (χ0n) is 53.1. The number of hydrogen-bond donors (Lipinski definition) is 0. The van der Waals surface area contributed by atoms with Crippen LogP contribution in [0, 0.1) is 0 Å². The largest absolute Gasteiger partial charge is 0.462 e. The number of esters is 3. The fourth-order valence-corrected chi connectivity index (χ4v) is 9.97. The number of hydrogen-bond acceptors (Lipinski definition) is 6. The normalized spacial score (nSPS) is 12.6. The van der Waals surface area contributed by atoms with Crippen molar-refractivity contribution >= 4 is 17.9 Å². The van der Waals surface area contributed by atoms with Crippen LogP contribution in [0.4, 0.5) is 0 Å². The third-order valence-corrected chi connectivity index (χ3v) is 15.1. The van der Waals surface area contributed by atoms with Gasteiger partial charge in [-0.05, 0) is 96.3 Å². The van der Waals surface area contributed by atoms with Gasteiger partial charge in [0.15, 0.2) is 6.10 Å². The van der Waals surface area contributed by atoms with Crippen LogP contribution in [0.2, 0.25) is 0 Å². The molecule has 0 saturated heterocycles. The number of allylic oxidation sites excluding steroid dienone is 14. The molecule has 0 fully saturated rings. The molecule has 6 nitrogen and oxygen atoms in total. The molecule has 462 valence electrons. The van der Waals surface area contributed by atoms with Crippen molar-refractivity contribution in [3.63, 3.8) is 0 Å². The second kappa shape index (κ2) is 68.1. The number of rotatable bonds is 63. The topological polar surface area (TPSA) is 78.9 Å². The first kappa shape index (κ1) is 76.6. The van der Waals surface area contributed by atoms with Crippen LogP contribution in [0.5, 0.6) is 0 Å². The van der Waals surface area contributed by atoms with E-state index in [0.29, 0.717) is 19.3 Å². The summed E-state index contributed by atoms with van der Waals surface area (Å²) in [4.78, 5) is 38.1. The van der Waals surface area contributed by atoms with E-state index in [1.807, 2.05) is 0 Å². The minimum Gasteiger partial charge on any atom is -0.462 e. The highest BCUT2D eigenvalue weighted by molar-refractivity contribution is 5.71. The van der Waals surface area contributed by atoms with Gasteiger partial charge >= 0.3 is 17.9 Å². The van der Waals surface area contributed by atoms with Crippen molar-refractivity contribution in [2.75, 3.05) is 13.2 Å². The summed E-state index contributed by atoms with van der Waals surface area (Å²) in [6.07, 6.45) is 90.8. The third-order valence-electron chi connectivity index (χ3n) is 15.1. The van der Waals surface area contributed by atoms with Crippen molar-refractivity contribution in [3.8, 4) is 0 Å². The third kappa shape index (κ3) is 65.4. The highest BCUT2D eigenvalue weighted by Crippen LogP contribution is 2.17. The molecule has 0 aliphatic carbocycles. The second-order valence-corrected chi connectivity index (χ2v) is 23.1. The predicted octanol–water partition coefficient (Wildman–Crippen LogP) is 23.8. The van der Waals surface area contributed by atoms with Crippen LogP contribution in [0.1, 0.15) is 348 Å². The van der Waals surface area contributed by atoms with Gasteiger partial charge < -0.3 is 14.2 Å². The minimum atomic E-state index is -0.775. The highest BCUT2D eigenvalue weighted by Gasteiger charge is 2.19. The lowest BCUT2D eigenvalue weighted by atomic mass is 10.0. The van der Waals surface area contributed by atoms with Crippen LogP contribution in [-0.2, 0) is 28.6 Å². The molecule has 0 rings (SSSR count). The molecule has 0 spiro atoms. The molecule has 0 bridgehead atoms. The molecule has 1 atom stereocenters. The molecule has 0 aromatic rings. The summed E-state index contributed by atoms with van der Waals surface area (Å²) in [7, 11) is 0. The molecule has 0 aromatic carbocycles. The second-order valence-electron chi connectivity index (χ2n) is 23.1. The van der Waals surface area contributed by atoms with Crippen molar-refractivity contribution in [1.29, 1.82) is 0 Å². The SMILES string of the molecule is CC/C=C\C/C=C\C/C=C\C/C=C\C/C=C\C/C=C\CCCCCCCCCCCCC(=O)OCC(COC(=O)CCCCCCCC)OC(=O)CCCCCCCCCCCCCCCCC/C=C\CCCCCCCCCC. The molecule has 0 amide bonds. The van der Waals surface area contributed by atoms with Crippen LogP contribution < -0.4 is 0 Å². The molecule has 0 aliphatic heterocycles. The summed E-state index contributed by atoms with van der Waals surface area (Å²) < 4.78 is 16.8. The van der Waals surface area contributed by atoms with E-state index in [4.69, 9.17) is 14.2 Å². The Morgan fingerprint density at radius 2 is 0.487 bits per heavy atom. The maximum Gasteiger partial charge on any atom is 0.306 e. The van der Waals surface area contributed by atoms with Gasteiger partial charge in [0, 0.05) is 19.3 Å². The van der Waals surface area contributed by atoms with Crippen molar-refractivity contribution in [1.82, 2.24) is 0 Å². The van der Waals surface area contributed by atoms with Gasteiger partial charge in [-0.15, -0.1) is 0 Å². The van der Waals surface area contributed by atoms with Gasteiger partial charge in [-0.25, -0.2) is 0 Å². The maximum atomic E-state index is 12.9. The lowest BCUT2D eigenvalue weighted by Gasteiger charge is -2.18. The number of unbranched alkanes of at least 4 members (excludes halogenated alkanes) is 38. The van der Waals surface area contributed by atoms with Gasteiger partial charge in [0.2, 0.25) is 0 Å². The summed E-state index contributed by atoms with van der Waals surface area (Å²) in [6, 6.07) is 0. The maximum absolute atomic E-state index is 12.9. The van der Waals surface area contributed by atoms with E-state index >= 15 is 0 Å². The van der Waals surface area contributed by atoms with Crippen molar-refractivity contribution in [3.05, 3.63) is 85.1 Å². The highest BCUT2D eigenvalue weighted by atomic mass is 16.6. The molecule has 0 N–H and O–H groups in total. The summed E-state index contributed by atoms with van der Waals surface area (Å²) in [5.74, 6) is -0.874. The Labute approximate surface area is 496 Å². The Kier molecular flexibility index (Phi) is 65.2. The average Bonchev–Trinajstić information content (AvgIpc) is 3.46. The van der Waals surface area contributed by atoms with Crippen LogP contribution in [-0.4, -0.2) is 37.2 Å². The lowest BCUT2D eigenvalue weighted by molar-refractivity contribution is -0.167. The molecule has 0 heterocycles. The molecule has 1 unspecified atom stereocenters. The smallest absolute Gasteiger partial charge is 0.306 e. The Hall–Kier alpha value is -3.41. The Bertz CT molecular complexity index is 1520. The van der Waals surface area contributed by atoms with Gasteiger partial charge in [-0.2, -0.15) is 0 Å². The predicted molar refractivity (Wildman–Crippen MR) is 348 cm³/mol. The zero-order valence-corrected chi connectivity index (χ0v) is 53.1. The molecular weight excluding hydrogens is 985 g/mol. The number of carbonyl (C=O) groups excluding carboxylic acids is 3.